The van der Waals surface area contributed by atoms with Crippen LogP contribution < -0.4 is 0 Å². The van der Waals surface area contributed by atoms with Crippen LogP contribution in [0.5, 0.6) is 0 Å². The summed E-state index contributed by atoms with van der Waals surface area (Å²) in [6, 6.07) is 0. The van der Waals surface area contributed by atoms with Gasteiger partial charge < -0.3 is 0 Å². The zero-order valence-electron chi connectivity index (χ0n) is 8.90. The minimum Gasteiger partial charge on any atom is -0.298 e. The summed E-state index contributed by atoms with van der Waals surface area (Å²) in [6.45, 7) is 3.80. The van der Waals surface area contributed by atoms with E-state index in [0.717, 1.165) is 16.8 Å². The maximum absolute atomic E-state index is 11.3. The zero-order chi connectivity index (χ0) is 11.6. The van der Waals surface area contributed by atoms with Crippen molar-refractivity contribution in [1.29, 1.82) is 0 Å². The Labute approximate surface area is 93.3 Å². The van der Waals surface area contributed by atoms with Gasteiger partial charge in [-0.05, 0) is 13.8 Å². The molecule has 0 saturated carbocycles. The number of Topliss-reactive ketones (excluding diaryl/α,β-unsaturated/α-hetero) is 1. The Bertz CT molecular complexity index is 454. The molecule has 0 radical (unpaired) electrons. The summed E-state index contributed by atoms with van der Waals surface area (Å²) < 4.78 is 21.7. The first-order valence-electron chi connectivity index (χ1n) is 4.40. The highest BCUT2D eigenvalue weighted by Crippen LogP contribution is 2.17. The third-order valence-electron chi connectivity index (χ3n) is 1.84. The fraction of sp³-hybridized carbons (Fsp3) is 0.556. The fourth-order valence-corrected chi connectivity index (χ4v) is 2.78. The van der Waals surface area contributed by atoms with Crippen molar-refractivity contribution < 1.29 is 13.2 Å². The van der Waals surface area contributed by atoms with Crippen LogP contribution in [0, 0.1) is 13.8 Å². The number of hydrogen-bond acceptors (Lipinski definition) is 5. The van der Waals surface area contributed by atoms with E-state index < -0.39 is 15.6 Å². The molecule has 6 heteroatoms. The number of carbonyl (C=O) groups excluding carboxylic acids is 1. The molecule has 0 atom stereocenters. The maximum Gasteiger partial charge on any atom is 0.154 e. The van der Waals surface area contributed by atoms with Crippen molar-refractivity contribution in [1.82, 2.24) is 4.98 Å². The largest absolute Gasteiger partial charge is 0.298 e. The second-order valence-electron chi connectivity index (χ2n) is 3.53. The van der Waals surface area contributed by atoms with Gasteiger partial charge in [-0.2, -0.15) is 0 Å². The van der Waals surface area contributed by atoms with Crippen molar-refractivity contribution in [3.8, 4) is 0 Å². The molecule has 0 aliphatic heterocycles. The molecule has 0 fully saturated rings. The van der Waals surface area contributed by atoms with Crippen molar-refractivity contribution in [3.63, 3.8) is 0 Å². The van der Waals surface area contributed by atoms with Crippen LogP contribution in [0.2, 0.25) is 0 Å². The molecule has 84 valence electrons. The van der Waals surface area contributed by atoms with Crippen molar-refractivity contribution in [2.45, 2.75) is 20.3 Å². The first-order valence-corrected chi connectivity index (χ1v) is 7.28. The summed E-state index contributed by atoms with van der Waals surface area (Å²) in [4.78, 5) is 16.6. The number of aromatic nitrogens is 1. The molecule has 0 amide bonds. The number of hydrogen-bond donors (Lipinski definition) is 0. The van der Waals surface area contributed by atoms with Gasteiger partial charge in [-0.3, -0.25) is 4.79 Å². The highest BCUT2D eigenvalue weighted by atomic mass is 32.2. The molecule has 0 unspecified atom stereocenters. The summed E-state index contributed by atoms with van der Waals surface area (Å²) in [6.07, 6.45) is 1.18. The minimum atomic E-state index is -3.22. The lowest BCUT2D eigenvalue weighted by Crippen LogP contribution is -2.16. The summed E-state index contributed by atoms with van der Waals surface area (Å²) in [5.74, 6) is -0.698. The molecule has 0 bridgehead atoms. The van der Waals surface area contributed by atoms with E-state index >= 15 is 0 Å². The van der Waals surface area contributed by atoms with Crippen molar-refractivity contribution >= 4 is 27.0 Å². The third-order valence-corrected chi connectivity index (χ3v) is 3.76. The lowest BCUT2D eigenvalue weighted by atomic mass is 10.3. The van der Waals surface area contributed by atoms with E-state index in [1.807, 2.05) is 13.8 Å². The first-order chi connectivity index (χ1) is 6.78. The Morgan fingerprint density at radius 1 is 1.40 bits per heavy atom. The minimum absolute atomic E-state index is 0.117. The van der Waals surface area contributed by atoms with Gasteiger partial charge in [0.1, 0.15) is 10.8 Å². The summed E-state index contributed by atoms with van der Waals surface area (Å²) in [5, 5.41) is 0.693. The Hall–Kier alpha value is -0.750. The van der Waals surface area contributed by atoms with Crippen LogP contribution in [0.15, 0.2) is 0 Å². The molecule has 1 aromatic heterocycles. The van der Waals surface area contributed by atoms with Gasteiger partial charge in [0.2, 0.25) is 0 Å². The van der Waals surface area contributed by atoms with Crippen LogP contribution in [0.3, 0.4) is 0 Å². The van der Waals surface area contributed by atoms with Crippen molar-refractivity contribution in [3.05, 3.63) is 15.6 Å². The maximum atomic E-state index is 11.3. The van der Waals surface area contributed by atoms with E-state index in [0.29, 0.717) is 5.01 Å². The van der Waals surface area contributed by atoms with Crippen LogP contribution in [0.4, 0.5) is 0 Å². The van der Waals surface area contributed by atoms with Crippen molar-refractivity contribution in [2.75, 3.05) is 12.0 Å². The fourth-order valence-electron chi connectivity index (χ4n) is 1.13. The molecule has 1 heterocycles. The van der Waals surface area contributed by atoms with E-state index in [1.165, 1.54) is 11.3 Å². The number of thiazole rings is 1. The average Bonchev–Trinajstić information content (AvgIpc) is 2.26. The predicted molar refractivity (Wildman–Crippen MR) is 60.0 cm³/mol. The van der Waals surface area contributed by atoms with Gasteiger partial charge in [0.05, 0.1) is 12.1 Å². The van der Waals surface area contributed by atoms with Gasteiger partial charge in [0, 0.05) is 11.1 Å². The van der Waals surface area contributed by atoms with E-state index in [2.05, 4.69) is 4.98 Å². The lowest BCUT2D eigenvalue weighted by molar-refractivity contribution is -0.116. The predicted octanol–water partition coefficient (Wildman–Crippen LogP) is 0.916. The Balaban J connectivity index is 2.67. The number of nitrogens with zero attached hydrogens (tertiary/aromatic N) is 1. The van der Waals surface area contributed by atoms with Crippen LogP contribution >= 0.6 is 11.3 Å². The summed E-state index contributed by atoms with van der Waals surface area (Å²) >= 11 is 1.44. The monoisotopic (exact) mass is 247 g/mol. The molecule has 1 aromatic rings. The molecule has 4 nitrogen and oxygen atoms in total. The average molecular weight is 247 g/mol. The van der Waals surface area contributed by atoms with Gasteiger partial charge in [-0.15, -0.1) is 11.3 Å². The molecule has 0 aliphatic rings. The lowest BCUT2D eigenvalue weighted by Gasteiger charge is -1.95. The molecule has 0 aliphatic carbocycles. The molecule has 1 rings (SSSR count). The molecule has 0 N–H and O–H groups in total. The second-order valence-corrected chi connectivity index (χ2v) is 6.96. The van der Waals surface area contributed by atoms with E-state index in [1.54, 1.807) is 0 Å². The number of rotatable bonds is 4. The summed E-state index contributed by atoms with van der Waals surface area (Å²) in [7, 11) is -3.22. The molecule has 0 spiro atoms. The smallest absolute Gasteiger partial charge is 0.154 e. The molecule has 0 aromatic carbocycles. The molecular formula is C9H13NO3S2. The standard InChI is InChI=1S/C9H13NO3S2/c1-6-7(2)14-9(10-6)4-8(11)5-15(3,12)13/h4-5H2,1-3H3. The van der Waals surface area contributed by atoms with Gasteiger partial charge in [-0.25, -0.2) is 13.4 Å². The Morgan fingerprint density at radius 3 is 2.40 bits per heavy atom. The quantitative estimate of drug-likeness (QED) is 0.793. The number of carbonyl (C=O) groups is 1. The normalized spacial score (nSPS) is 11.7. The van der Waals surface area contributed by atoms with Gasteiger partial charge in [0.25, 0.3) is 0 Å². The number of sulfone groups is 1. The molecular weight excluding hydrogens is 234 g/mol. The van der Waals surface area contributed by atoms with Gasteiger partial charge in [-0.1, -0.05) is 0 Å². The van der Waals surface area contributed by atoms with Crippen LogP contribution in [0.1, 0.15) is 15.6 Å². The molecule has 0 saturated heterocycles. The zero-order valence-corrected chi connectivity index (χ0v) is 10.5. The van der Waals surface area contributed by atoms with E-state index in [9.17, 15) is 13.2 Å². The van der Waals surface area contributed by atoms with Gasteiger partial charge in [0.15, 0.2) is 15.6 Å². The number of aryl methyl sites for hydroxylation is 2. The Kier molecular flexibility index (Phi) is 3.62. The summed E-state index contributed by atoms with van der Waals surface area (Å²) in [5.41, 5.74) is 0.905. The van der Waals surface area contributed by atoms with E-state index in [-0.39, 0.29) is 12.2 Å². The van der Waals surface area contributed by atoms with Gasteiger partial charge >= 0.3 is 0 Å². The number of ketones is 1. The molecule has 15 heavy (non-hydrogen) atoms. The SMILES string of the molecule is Cc1nc(CC(=O)CS(C)(=O)=O)sc1C. The highest BCUT2D eigenvalue weighted by molar-refractivity contribution is 7.91. The van der Waals surface area contributed by atoms with Crippen LogP contribution in [-0.4, -0.2) is 31.2 Å². The van der Waals surface area contributed by atoms with Crippen molar-refractivity contribution in [2.24, 2.45) is 0 Å². The first kappa shape index (κ1) is 12.3. The van der Waals surface area contributed by atoms with E-state index in [4.69, 9.17) is 0 Å². The highest BCUT2D eigenvalue weighted by Gasteiger charge is 2.14. The topological polar surface area (TPSA) is 64.1 Å². The van der Waals surface area contributed by atoms with Crippen LogP contribution in [-0.2, 0) is 21.1 Å². The third kappa shape index (κ3) is 4.09. The van der Waals surface area contributed by atoms with Crippen LogP contribution in [0.25, 0.3) is 0 Å². The second kappa shape index (κ2) is 4.40. The Morgan fingerprint density at radius 2 is 2.00 bits per heavy atom.